The Bertz CT molecular complexity index is 612. The highest BCUT2D eigenvalue weighted by molar-refractivity contribution is 5.37. The molecule has 0 heterocycles. The summed E-state index contributed by atoms with van der Waals surface area (Å²) in [4.78, 5) is 0. The molecule has 1 atom stereocenters. The van der Waals surface area contributed by atoms with Gasteiger partial charge in [-0.1, -0.05) is 31.2 Å². The summed E-state index contributed by atoms with van der Waals surface area (Å²) in [5.74, 6) is 1.77. The highest BCUT2D eigenvalue weighted by atomic mass is 16.5. The molecule has 0 aliphatic heterocycles. The van der Waals surface area contributed by atoms with Crippen molar-refractivity contribution in [3.63, 3.8) is 0 Å². The topological polar surface area (TPSA) is 44.5 Å². The monoisotopic (exact) mass is 299 g/mol. The van der Waals surface area contributed by atoms with Crippen molar-refractivity contribution >= 4 is 0 Å². The number of benzene rings is 2. The molecule has 0 aliphatic carbocycles. The summed E-state index contributed by atoms with van der Waals surface area (Å²) in [6, 6.07) is 16.4. The van der Waals surface area contributed by atoms with Crippen molar-refractivity contribution in [3.05, 3.63) is 59.7 Å². The van der Waals surface area contributed by atoms with Crippen LogP contribution in [0.2, 0.25) is 0 Å². The Morgan fingerprint density at radius 3 is 2.45 bits per heavy atom. The predicted molar refractivity (Wildman–Crippen MR) is 90.7 cm³/mol. The zero-order valence-electron chi connectivity index (χ0n) is 13.6. The molecule has 2 N–H and O–H groups in total. The highest BCUT2D eigenvalue weighted by Crippen LogP contribution is 2.30. The number of methoxy groups -OCH3 is 1. The van der Waals surface area contributed by atoms with Crippen molar-refractivity contribution in [3.8, 4) is 11.5 Å². The third-order valence-corrected chi connectivity index (χ3v) is 4.02. The number of ether oxygens (including phenoxy) is 2. The van der Waals surface area contributed by atoms with E-state index in [1.807, 2.05) is 31.2 Å². The maximum absolute atomic E-state index is 6.10. The van der Waals surface area contributed by atoms with Crippen LogP contribution in [-0.4, -0.2) is 20.3 Å². The van der Waals surface area contributed by atoms with E-state index in [0.29, 0.717) is 13.2 Å². The Labute approximate surface area is 133 Å². The summed E-state index contributed by atoms with van der Waals surface area (Å²) in [5, 5.41) is 0. The smallest absolute Gasteiger partial charge is 0.119 e. The van der Waals surface area contributed by atoms with Gasteiger partial charge in [0.2, 0.25) is 0 Å². The van der Waals surface area contributed by atoms with Crippen LogP contribution in [0.3, 0.4) is 0 Å². The number of hydrogen-bond donors (Lipinski definition) is 1. The van der Waals surface area contributed by atoms with Gasteiger partial charge in [-0.3, -0.25) is 0 Å². The highest BCUT2D eigenvalue weighted by Gasteiger charge is 2.26. The maximum atomic E-state index is 6.10. The standard InChI is InChI=1S/C19H25NO2/c1-4-22-18-10-5-7-15(11-18)13-19(2,14-20)16-8-6-9-17(12-16)21-3/h5-12H,4,13-14,20H2,1-3H3. The van der Waals surface area contributed by atoms with Gasteiger partial charge in [-0.2, -0.15) is 0 Å². The van der Waals surface area contributed by atoms with E-state index in [9.17, 15) is 0 Å². The SMILES string of the molecule is CCOc1cccc(CC(C)(CN)c2cccc(OC)c2)c1. The van der Waals surface area contributed by atoms with E-state index in [0.717, 1.165) is 17.9 Å². The van der Waals surface area contributed by atoms with Gasteiger partial charge < -0.3 is 15.2 Å². The van der Waals surface area contributed by atoms with Gasteiger partial charge in [0.1, 0.15) is 11.5 Å². The largest absolute Gasteiger partial charge is 0.497 e. The average Bonchev–Trinajstić information content (AvgIpc) is 2.55. The fraction of sp³-hybridized carbons (Fsp3) is 0.368. The molecule has 2 aromatic carbocycles. The van der Waals surface area contributed by atoms with Crippen LogP contribution in [0.4, 0.5) is 0 Å². The molecule has 3 heteroatoms. The molecule has 118 valence electrons. The van der Waals surface area contributed by atoms with Crippen molar-refractivity contribution in [1.29, 1.82) is 0 Å². The molecule has 3 nitrogen and oxygen atoms in total. The number of nitrogens with two attached hydrogens (primary N) is 1. The second-order valence-corrected chi connectivity index (χ2v) is 5.75. The van der Waals surface area contributed by atoms with Crippen LogP contribution in [0, 0.1) is 0 Å². The van der Waals surface area contributed by atoms with Gasteiger partial charge in [0, 0.05) is 12.0 Å². The molecule has 0 saturated carbocycles. The molecule has 22 heavy (non-hydrogen) atoms. The molecule has 0 bridgehead atoms. The summed E-state index contributed by atoms with van der Waals surface area (Å²) >= 11 is 0. The summed E-state index contributed by atoms with van der Waals surface area (Å²) in [6.07, 6.45) is 0.859. The van der Waals surface area contributed by atoms with Gasteiger partial charge in [0.15, 0.2) is 0 Å². The zero-order valence-corrected chi connectivity index (χ0v) is 13.6. The first-order valence-corrected chi connectivity index (χ1v) is 7.67. The molecule has 0 spiro atoms. The molecule has 0 aliphatic rings. The molecule has 0 fully saturated rings. The molecule has 0 saturated heterocycles. The van der Waals surface area contributed by atoms with Crippen molar-refractivity contribution in [2.75, 3.05) is 20.3 Å². The second-order valence-electron chi connectivity index (χ2n) is 5.75. The molecule has 2 aromatic rings. The van der Waals surface area contributed by atoms with E-state index >= 15 is 0 Å². The van der Waals surface area contributed by atoms with Crippen LogP contribution in [0.5, 0.6) is 11.5 Å². The fourth-order valence-corrected chi connectivity index (χ4v) is 2.65. The van der Waals surface area contributed by atoms with E-state index < -0.39 is 0 Å². The first kappa shape index (κ1) is 16.4. The molecule has 0 aromatic heterocycles. The van der Waals surface area contributed by atoms with Gasteiger partial charge in [0.05, 0.1) is 13.7 Å². The van der Waals surface area contributed by atoms with Crippen LogP contribution in [0.15, 0.2) is 48.5 Å². The van der Waals surface area contributed by atoms with Crippen molar-refractivity contribution in [2.24, 2.45) is 5.73 Å². The van der Waals surface area contributed by atoms with E-state index in [2.05, 4.69) is 31.2 Å². The van der Waals surface area contributed by atoms with Crippen LogP contribution < -0.4 is 15.2 Å². The van der Waals surface area contributed by atoms with E-state index in [1.54, 1.807) is 7.11 Å². The lowest BCUT2D eigenvalue weighted by Crippen LogP contribution is -2.34. The fourth-order valence-electron chi connectivity index (χ4n) is 2.65. The lowest BCUT2D eigenvalue weighted by Gasteiger charge is -2.29. The molecule has 0 radical (unpaired) electrons. The summed E-state index contributed by atoms with van der Waals surface area (Å²) in [6.45, 7) is 5.43. The number of hydrogen-bond acceptors (Lipinski definition) is 3. The van der Waals surface area contributed by atoms with E-state index in [-0.39, 0.29) is 5.41 Å². The van der Waals surface area contributed by atoms with Crippen molar-refractivity contribution in [2.45, 2.75) is 25.7 Å². The first-order chi connectivity index (χ1) is 10.6. The molecular weight excluding hydrogens is 274 g/mol. The third kappa shape index (κ3) is 3.80. The molecule has 2 rings (SSSR count). The summed E-state index contributed by atoms with van der Waals surface area (Å²) in [7, 11) is 1.68. The van der Waals surface area contributed by atoms with Crippen LogP contribution in [0.1, 0.15) is 25.0 Å². The minimum atomic E-state index is -0.140. The minimum absolute atomic E-state index is 0.140. The van der Waals surface area contributed by atoms with Crippen molar-refractivity contribution < 1.29 is 9.47 Å². The van der Waals surface area contributed by atoms with E-state index in [4.69, 9.17) is 15.2 Å². The molecule has 1 unspecified atom stereocenters. The Kier molecular flexibility index (Phi) is 5.45. The minimum Gasteiger partial charge on any atom is -0.497 e. The summed E-state index contributed by atoms with van der Waals surface area (Å²) < 4.78 is 10.9. The Morgan fingerprint density at radius 2 is 1.77 bits per heavy atom. The Hall–Kier alpha value is -2.00. The quantitative estimate of drug-likeness (QED) is 0.850. The average molecular weight is 299 g/mol. The number of rotatable bonds is 7. The Balaban J connectivity index is 2.28. The van der Waals surface area contributed by atoms with Crippen LogP contribution in [-0.2, 0) is 11.8 Å². The van der Waals surface area contributed by atoms with Crippen LogP contribution in [0.25, 0.3) is 0 Å². The van der Waals surface area contributed by atoms with Gasteiger partial charge in [-0.05, 0) is 48.7 Å². The van der Waals surface area contributed by atoms with Crippen molar-refractivity contribution in [1.82, 2.24) is 0 Å². The lowest BCUT2D eigenvalue weighted by molar-refractivity contribution is 0.339. The second kappa shape index (κ2) is 7.32. The first-order valence-electron chi connectivity index (χ1n) is 7.67. The van der Waals surface area contributed by atoms with E-state index in [1.165, 1.54) is 11.1 Å². The van der Waals surface area contributed by atoms with Gasteiger partial charge in [0.25, 0.3) is 0 Å². The third-order valence-electron chi connectivity index (χ3n) is 4.02. The molecular formula is C19H25NO2. The normalized spacial score (nSPS) is 13.5. The van der Waals surface area contributed by atoms with Gasteiger partial charge in [-0.15, -0.1) is 0 Å². The predicted octanol–water partition coefficient (Wildman–Crippen LogP) is 3.55. The maximum Gasteiger partial charge on any atom is 0.119 e. The van der Waals surface area contributed by atoms with Gasteiger partial charge >= 0.3 is 0 Å². The molecule has 0 amide bonds. The lowest BCUT2D eigenvalue weighted by atomic mass is 9.77. The summed E-state index contributed by atoms with van der Waals surface area (Å²) in [5.41, 5.74) is 8.38. The Morgan fingerprint density at radius 1 is 1.05 bits per heavy atom. The van der Waals surface area contributed by atoms with Crippen LogP contribution >= 0.6 is 0 Å². The van der Waals surface area contributed by atoms with Gasteiger partial charge in [-0.25, -0.2) is 0 Å². The zero-order chi connectivity index (χ0) is 16.0.